The maximum atomic E-state index is 12.9. The first-order valence-corrected chi connectivity index (χ1v) is 9.52. The Bertz CT molecular complexity index is 963. The molecule has 30 heavy (non-hydrogen) atoms. The topological polar surface area (TPSA) is 96.2 Å². The summed E-state index contributed by atoms with van der Waals surface area (Å²) < 4.78 is 0. The van der Waals surface area contributed by atoms with Crippen LogP contribution in [-0.4, -0.2) is 18.4 Å². The number of benzene rings is 3. The first kappa shape index (κ1) is 20.7. The third-order valence-electron chi connectivity index (χ3n) is 4.56. The summed E-state index contributed by atoms with van der Waals surface area (Å²) in [5.74, 6) is -1.14. The molecule has 0 saturated carbocycles. The molecule has 3 rings (SSSR count). The monoisotopic (exact) mass is 400 g/mol. The molecular formula is C24H24N4O2. The zero-order chi connectivity index (χ0) is 21.3. The number of carbonyl (C=O) groups excluding carboxylic acids is 2. The van der Waals surface area contributed by atoms with Crippen molar-refractivity contribution in [1.29, 1.82) is 0 Å². The third-order valence-corrected chi connectivity index (χ3v) is 4.56. The van der Waals surface area contributed by atoms with Crippen molar-refractivity contribution >= 4 is 23.2 Å². The molecule has 0 radical (unpaired) electrons. The highest BCUT2D eigenvalue weighted by molar-refractivity contribution is 5.90. The summed E-state index contributed by atoms with van der Waals surface area (Å²) in [5, 5.41) is 2.71. The van der Waals surface area contributed by atoms with Crippen LogP contribution >= 0.6 is 0 Å². The summed E-state index contributed by atoms with van der Waals surface area (Å²) in [7, 11) is 0. The van der Waals surface area contributed by atoms with Gasteiger partial charge >= 0.3 is 0 Å². The van der Waals surface area contributed by atoms with Gasteiger partial charge in [0, 0.05) is 5.69 Å². The van der Waals surface area contributed by atoms with Crippen molar-refractivity contribution in [2.24, 2.45) is 0 Å². The smallest absolute Gasteiger partial charge is 0.257 e. The Morgan fingerprint density at radius 2 is 1.33 bits per heavy atom. The quantitative estimate of drug-likeness (QED) is 0.345. The number of anilines is 1. The Labute approximate surface area is 175 Å². The van der Waals surface area contributed by atoms with Crippen LogP contribution < -0.4 is 21.9 Å². The predicted molar refractivity (Wildman–Crippen MR) is 119 cm³/mol. The molecule has 0 heterocycles. The number of hydrogen-bond acceptors (Lipinski definition) is 4. The van der Waals surface area contributed by atoms with E-state index in [9.17, 15) is 9.59 Å². The van der Waals surface area contributed by atoms with Crippen LogP contribution in [0.2, 0.25) is 0 Å². The summed E-state index contributed by atoms with van der Waals surface area (Å²) in [6.45, 7) is 3.71. The van der Waals surface area contributed by atoms with Crippen LogP contribution in [0.25, 0.3) is 5.70 Å². The minimum absolute atomic E-state index is 0.170. The lowest BCUT2D eigenvalue weighted by atomic mass is 9.90. The van der Waals surface area contributed by atoms with Gasteiger partial charge in [-0.1, -0.05) is 79.4 Å². The maximum absolute atomic E-state index is 12.9. The van der Waals surface area contributed by atoms with Gasteiger partial charge in [0.1, 0.15) is 0 Å². The summed E-state index contributed by atoms with van der Waals surface area (Å²) >= 11 is 0. The molecule has 0 unspecified atom stereocenters. The minimum Gasteiger partial charge on any atom is -0.399 e. The van der Waals surface area contributed by atoms with Crippen LogP contribution in [0.4, 0.5) is 5.69 Å². The summed E-state index contributed by atoms with van der Waals surface area (Å²) in [6, 6.07) is 26.0. The lowest BCUT2D eigenvalue weighted by molar-refractivity contribution is -0.126. The molecule has 0 aliphatic rings. The molecule has 3 aromatic carbocycles. The summed E-state index contributed by atoms with van der Waals surface area (Å²) in [4.78, 5) is 25.1. The second-order valence-electron chi connectivity index (χ2n) is 6.75. The Balaban J connectivity index is 1.58. The zero-order valence-electron chi connectivity index (χ0n) is 16.5. The lowest BCUT2D eigenvalue weighted by Gasteiger charge is -2.18. The lowest BCUT2D eigenvalue weighted by Crippen LogP contribution is -2.44. The molecule has 0 aliphatic carbocycles. The van der Waals surface area contributed by atoms with Gasteiger partial charge in [0.2, 0.25) is 5.91 Å². The van der Waals surface area contributed by atoms with E-state index in [1.165, 1.54) is 0 Å². The molecule has 0 fully saturated rings. The van der Waals surface area contributed by atoms with E-state index in [0.29, 0.717) is 11.4 Å². The Morgan fingerprint density at radius 3 is 1.87 bits per heavy atom. The van der Waals surface area contributed by atoms with E-state index in [0.717, 1.165) is 16.7 Å². The highest BCUT2D eigenvalue weighted by Gasteiger charge is 2.22. The van der Waals surface area contributed by atoms with Gasteiger partial charge in [-0.2, -0.15) is 0 Å². The highest BCUT2D eigenvalue weighted by Crippen LogP contribution is 2.24. The molecule has 6 heteroatoms. The molecule has 3 aromatic rings. The van der Waals surface area contributed by atoms with Gasteiger partial charge in [-0.25, -0.2) is 0 Å². The molecule has 2 amide bonds. The van der Waals surface area contributed by atoms with E-state index in [2.05, 4.69) is 22.7 Å². The second-order valence-corrected chi connectivity index (χ2v) is 6.75. The first-order valence-electron chi connectivity index (χ1n) is 9.52. The Hall–Kier alpha value is -4.06. The number of carbonyl (C=O) groups is 2. The summed E-state index contributed by atoms with van der Waals surface area (Å²) in [6.07, 6.45) is 0. The molecule has 152 valence electrons. The molecule has 0 atom stereocenters. The molecule has 0 aromatic heterocycles. The van der Waals surface area contributed by atoms with E-state index in [1.807, 2.05) is 60.7 Å². The van der Waals surface area contributed by atoms with Crippen LogP contribution in [0.1, 0.15) is 22.6 Å². The fourth-order valence-corrected chi connectivity index (χ4v) is 3.00. The van der Waals surface area contributed by atoms with Gasteiger partial charge in [-0.15, -0.1) is 0 Å². The van der Waals surface area contributed by atoms with Gasteiger partial charge in [-0.05, 0) is 28.8 Å². The van der Waals surface area contributed by atoms with E-state index in [1.54, 1.807) is 24.3 Å². The van der Waals surface area contributed by atoms with Crippen molar-refractivity contribution in [2.75, 3.05) is 12.3 Å². The number of hydrazine groups is 1. The van der Waals surface area contributed by atoms with Crippen LogP contribution in [0, 0.1) is 0 Å². The average Bonchev–Trinajstić information content (AvgIpc) is 2.78. The van der Waals surface area contributed by atoms with Crippen LogP contribution in [0.15, 0.2) is 91.5 Å². The Kier molecular flexibility index (Phi) is 6.84. The largest absolute Gasteiger partial charge is 0.399 e. The number of amides is 2. The predicted octanol–water partition coefficient (Wildman–Crippen LogP) is 2.81. The normalized spacial score (nSPS) is 10.3. The SMILES string of the molecule is C=C(NNC(=O)CNC(=O)C(c1ccccc1)c1ccccc1)c1ccc(N)cc1. The van der Waals surface area contributed by atoms with E-state index in [-0.39, 0.29) is 18.4 Å². The molecule has 0 aliphatic heterocycles. The van der Waals surface area contributed by atoms with E-state index >= 15 is 0 Å². The highest BCUT2D eigenvalue weighted by atomic mass is 16.2. The minimum atomic E-state index is -0.502. The van der Waals surface area contributed by atoms with Crippen molar-refractivity contribution in [1.82, 2.24) is 16.2 Å². The molecule has 5 N–H and O–H groups in total. The number of nitrogen functional groups attached to an aromatic ring is 1. The molecule has 6 nitrogen and oxygen atoms in total. The summed E-state index contributed by atoms with van der Waals surface area (Å²) in [5.41, 5.74) is 14.6. The number of hydrogen-bond donors (Lipinski definition) is 4. The average molecular weight is 400 g/mol. The van der Waals surface area contributed by atoms with Gasteiger partial charge in [0.15, 0.2) is 0 Å². The van der Waals surface area contributed by atoms with Gasteiger partial charge in [-0.3, -0.25) is 20.4 Å². The molecular weight excluding hydrogens is 376 g/mol. The fraction of sp³-hybridized carbons (Fsp3) is 0.0833. The van der Waals surface area contributed by atoms with Crippen molar-refractivity contribution in [3.63, 3.8) is 0 Å². The number of nitrogens with one attached hydrogen (secondary N) is 3. The Morgan fingerprint density at radius 1 is 0.800 bits per heavy atom. The van der Waals surface area contributed by atoms with Crippen molar-refractivity contribution < 1.29 is 9.59 Å². The van der Waals surface area contributed by atoms with Gasteiger partial charge in [0.25, 0.3) is 5.91 Å². The second kappa shape index (κ2) is 9.93. The molecule has 0 spiro atoms. The maximum Gasteiger partial charge on any atom is 0.257 e. The number of nitrogens with two attached hydrogens (primary N) is 1. The molecule has 0 bridgehead atoms. The number of rotatable bonds is 8. The zero-order valence-corrected chi connectivity index (χ0v) is 16.5. The standard InChI is InChI=1S/C24H24N4O2/c1-17(18-12-14-21(25)15-13-18)27-28-22(29)16-26-24(30)23(19-8-4-2-5-9-19)20-10-6-3-7-11-20/h2-15,23,27H,1,16,25H2,(H,26,30)(H,28,29). The van der Waals surface area contributed by atoms with Gasteiger partial charge in [0.05, 0.1) is 18.2 Å². The van der Waals surface area contributed by atoms with Crippen molar-refractivity contribution in [3.8, 4) is 0 Å². The van der Waals surface area contributed by atoms with E-state index < -0.39 is 5.92 Å². The first-order chi connectivity index (χ1) is 14.5. The third kappa shape index (κ3) is 5.48. The van der Waals surface area contributed by atoms with Crippen LogP contribution in [0.5, 0.6) is 0 Å². The molecule has 0 saturated heterocycles. The van der Waals surface area contributed by atoms with E-state index in [4.69, 9.17) is 5.73 Å². The van der Waals surface area contributed by atoms with Crippen molar-refractivity contribution in [3.05, 3.63) is 108 Å². The van der Waals surface area contributed by atoms with Gasteiger partial charge < -0.3 is 11.1 Å². The fourth-order valence-electron chi connectivity index (χ4n) is 3.00. The van der Waals surface area contributed by atoms with Crippen LogP contribution in [-0.2, 0) is 9.59 Å². The van der Waals surface area contributed by atoms with Crippen molar-refractivity contribution in [2.45, 2.75) is 5.92 Å². The van der Waals surface area contributed by atoms with Crippen LogP contribution in [0.3, 0.4) is 0 Å².